The molecule has 0 aliphatic rings. The van der Waals surface area contributed by atoms with E-state index >= 15 is 0 Å². The maximum absolute atomic E-state index is 5.51. The lowest BCUT2D eigenvalue weighted by molar-refractivity contribution is 0.0201. The zero-order chi connectivity index (χ0) is 10.5. The molecule has 0 rings (SSSR count). The molecule has 3 N–H and O–H groups in total. The molecule has 0 aliphatic carbocycles. The number of nitrogens with zero attached hydrogens (tertiary/aromatic N) is 1. The van der Waals surface area contributed by atoms with Crippen molar-refractivity contribution in [3.63, 3.8) is 0 Å². The summed E-state index contributed by atoms with van der Waals surface area (Å²) in [5, 5.41) is 0. The van der Waals surface area contributed by atoms with Gasteiger partial charge >= 0.3 is 0 Å². The third kappa shape index (κ3) is 7.74. The predicted molar refractivity (Wildman–Crippen MR) is 55.6 cm³/mol. The number of hydrogen-bond donors (Lipinski definition) is 2. The molecule has 0 fully saturated rings. The molecule has 0 bridgehead atoms. The quantitative estimate of drug-likeness (QED) is 0.301. The van der Waals surface area contributed by atoms with Crippen LogP contribution >= 0.6 is 0 Å². The second-order valence-corrected chi connectivity index (χ2v) is 4.21. The zero-order valence-corrected chi connectivity index (χ0v) is 9.22. The first-order valence-corrected chi connectivity index (χ1v) is 4.52. The van der Waals surface area contributed by atoms with Gasteiger partial charge < -0.3 is 10.2 Å². The van der Waals surface area contributed by atoms with Crippen LogP contribution in [0.25, 0.3) is 0 Å². The Hall–Kier alpha value is -0.610. The third-order valence-electron chi connectivity index (χ3n) is 1.22. The van der Waals surface area contributed by atoms with Crippen LogP contribution in [0.4, 0.5) is 0 Å². The average molecular weight is 187 g/mol. The fourth-order valence-electron chi connectivity index (χ4n) is 0.713. The number of nitrogens with two attached hydrogens (primary N) is 1. The van der Waals surface area contributed by atoms with Gasteiger partial charge in [0.2, 0.25) is 0 Å². The van der Waals surface area contributed by atoms with Crippen LogP contribution < -0.4 is 11.3 Å². The summed E-state index contributed by atoms with van der Waals surface area (Å²) in [4.78, 5) is 4.25. The van der Waals surface area contributed by atoms with E-state index in [2.05, 4.69) is 10.4 Å². The second kappa shape index (κ2) is 5.19. The predicted octanol–water partition coefficient (Wildman–Crippen LogP) is 1.07. The van der Waals surface area contributed by atoms with Gasteiger partial charge in [0.1, 0.15) is 12.4 Å². The molecule has 0 heterocycles. The van der Waals surface area contributed by atoms with Gasteiger partial charge in [-0.05, 0) is 34.6 Å². The molecule has 0 amide bonds. The molecule has 0 aromatic rings. The first kappa shape index (κ1) is 12.4. The van der Waals surface area contributed by atoms with E-state index in [1.54, 1.807) is 0 Å². The topological polar surface area (TPSA) is 59.6 Å². The number of ether oxygens (including phenoxy) is 1. The molecule has 13 heavy (non-hydrogen) atoms. The highest BCUT2D eigenvalue weighted by molar-refractivity contribution is 5.82. The highest BCUT2D eigenvalue weighted by Gasteiger charge is 2.11. The fraction of sp³-hybridized carbons (Fsp3) is 0.889. The van der Waals surface area contributed by atoms with E-state index in [4.69, 9.17) is 10.6 Å². The van der Waals surface area contributed by atoms with E-state index < -0.39 is 0 Å². The minimum atomic E-state index is -0.158. The van der Waals surface area contributed by atoms with Crippen molar-refractivity contribution in [2.24, 2.45) is 10.8 Å². The lowest BCUT2D eigenvalue weighted by Crippen LogP contribution is -2.37. The van der Waals surface area contributed by atoms with E-state index in [0.717, 1.165) is 0 Å². The minimum Gasteiger partial charge on any atom is -0.368 e. The summed E-state index contributed by atoms with van der Waals surface area (Å²) in [6.45, 7) is 10.4. The van der Waals surface area contributed by atoms with Crippen molar-refractivity contribution in [2.75, 3.05) is 6.61 Å². The molecule has 0 aromatic carbocycles. The fourth-order valence-corrected chi connectivity index (χ4v) is 0.713. The molecule has 4 heteroatoms. The van der Waals surface area contributed by atoms with Crippen LogP contribution in [0.15, 0.2) is 4.99 Å². The monoisotopic (exact) mass is 187 g/mol. The molecular formula is C9H21N3O. The van der Waals surface area contributed by atoms with Gasteiger partial charge in [-0.2, -0.15) is 0 Å². The normalized spacial score (nSPS) is 13.6. The Kier molecular flexibility index (Phi) is 4.95. The van der Waals surface area contributed by atoms with Crippen LogP contribution in [0.5, 0.6) is 0 Å². The highest BCUT2D eigenvalue weighted by Crippen LogP contribution is 2.05. The zero-order valence-electron chi connectivity index (χ0n) is 9.22. The van der Waals surface area contributed by atoms with Gasteiger partial charge in [0.15, 0.2) is 0 Å². The number of aliphatic imine (C=N–C) groups is 1. The van der Waals surface area contributed by atoms with Gasteiger partial charge in [-0.3, -0.25) is 4.99 Å². The summed E-state index contributed by atoms with van der Waals surface area (Å²) in [6, 6.07) is 0.231. The van der Waals surface area contributed by atoms with Crippen molar-refractivity contribution in [1.29, 1.82) is 0 Å². The Labute approximate surface area is 80.5 Å². The molecule has 0 saturated carbocycles. The Morgan fingerprint density at radius 3 is 2.31 bits per heavy atom. The number of amidine groups is 1. The van der Waals surface area contributed by atoms with E-state index in [1.165, 1.54) is 0 Å². The Bertz CT molecular complexity index is 170. The Balaban J connectivity index is 4.00. The summed E-state index contributed by atoms with van der Waals surface area (Å²) in [6.07, 6.45) is 0. The second-order valence-electron chi connectivity index (χ2n) is 4.21. The Morgan fingerprint density at radius 2 is 2.00 bits per heavy atom. The summed E-state index contributed by atoms with van der Waals surface area (Å²) < 4.78 is 5.51. The number of hydrazine groups is 1. The molecule has 4 nitrogen and oxygen atoms in total. The van der Waals surface area contributed by atoms with Crippen molar-refractivity contribution in [3.05, 3.63) is 0 Å². The molecule has 0 aromatic heterocycles. The summed E-state index contributed by atoms with van der Waals surface area (Å²) in [7, 11) is 0. The number of nitrogens with one attached hydrogen (secondary N) is 1. The van der Waals surface area contributed by atoms with Crippen molar-refractivity contribution in [3.8, 4) is 0 Å². The molecule has 0 radical (unpaired) electrons. The third-order valence-corrected chi connectivity index (χ3v) is 1.22. The van der Waals surface area contributed by atoms with Crippen molar-refractivity contribution >= 4 is 5.84 Å². The van der Waals surface area contributed by atoms with Gasteiger partial charge in [0.25, 0.3) is 0 Å². The van der Waals surface area contributed by atoms with E-state index in [-0.39, 0.29) is 11.6 Å². The average Bonchev–Trinajstić information content (AvgIpc) is 1.95. The van der Waals surface area contributed by atoms with Crippen LogP contribution in [-0.4, -0.2) is 24.1 Å². The first-order valence-electron chi connectivity index (χ1n) is 4.52. The minimum absolute atomic E-state index is 0.158. The van der Waals surface area contributed by atoms with Gasteiger partial charge in [-0.1, -0.05) is 0 Å². The molecule has 0 unspecified atom stereocenters. The molecule has 0 saturated heterocycles. The summed E-state index contributed by atoms with van der Waals surface area (Å²) in [5.41, 5.74) is 2.37. The largest absolute Gasteiger partial charge is 0.368 e. The van der Waals surface area contributed by atoms with Gasteiger partial charge in [0, 0.05) is 6.04 Å². The summed E-state index contributed by atoms with van der Waals surface area (Å²) in [5.74, 6) is 5.97. The lowest BCUT2D eigenvalue weighted by Gasteiger charge is -2.20. The highest BCUT2D eigenvalue weighted by atomic mass is 16.5. The lowest BCUT2D eigenvalue weighted by atomic mass is 10.2. The van der Waals surface area contributed by atoms with Gasteiger partial charge in [-0.25, -0.2) is 5.84 Å². The smallest absolute Gasteiger partial charge is 0.137 e. The van der Waals surface area contributed by atoms with E-state index in [9.17, 15) is 0 Å². The van der Waals surface area contributed by atoms with Crippen LogP contribution in [0.1, 0.15) is 34.6 Å². The number of hydrogen-bond acceptors (Lipinski definition) is 3. The van der Waals surface area contributed by atoms with Gasteiger partial charge in [0.05, 0.1) is 5.60 Å². The molecule has 78 valence electrons. The van der Waals surface area contributed by atoms with E-state index in [0.29, 0.717) is 12.4 Å². The van der Waals surface area contributed by atoms with Crippen LogP contribution in [0.3, 0.4) is 0 Å². The van der Waals surface area contributed by atoms with Crippen molar-refractivity contribution in [2.45, 2.75) is 46.3 Å². The van der Waals surface area contributed by atoms with Crippen molar-refractivity contribution in [1.82, 2.24) is 5.43 Å². The van der Waals surface area contributed by atoms with Gasteiger partial charge in [-0.15, -0.1) is 0 Å². The SMILES string of the molecule is CC(C)N=C(COC(C)(C)C)NN. The molecular weight excluding hydrogens is 166 g/mol. The van der Waals surface area contributed by atoms with Crippen LogP contribution in [0, 0.1) is 0 Å². The van der Waals surface area contributed by atoms with Crippen LogP contribution in [0.2, 0.25) is 0 Å². The molecule has 0 aliphatic heterocycles. The maximum Gasteiger partial charge on any atom is 0.137 e. The molecule has 0 spiro atoms. The van der Waals surface area contributed by atoms with E-state index in [1.807, 2.05) is 34.6 Å². The number of rotatable bonds is 3. The first-order chi connectivity index (χ1) is 5.85. The molecule has 0 atom stereocenters. The van der Waals surface area contributed by atoms with Crippen LogP contribution in [-0.2, 0) is 4.74 Å². The Morgan fingerprint density at radius 1 is 1.46 bits per heavy atom. The standard InChI is InChI=1S/C9H21N3O/c1-7(2)11-8(12-10)6-13-9(3,4)5/h7H,6,10H2,1-5H3,(H,11,12). The summed E-state index contributed by atoms with van der Waals surface area (Å²) >= 11 is 0. The maximum atomic E-state index is 5.51. The van der Waals surface area contributed by atoms with Crippen molar-refractivity contribution < 1.29 is 4.74 Å².